The van der Waals surface area contributed by atoms with Crippen molar-refractivity contribution in [3.63, 3.8) is 0 Å². The average Bonchev–Trinajstić information content (AvgIpc) is 3.09. The van der Waals surface area contributed by atoms with Crippen molar-refractivity contribution in [2.75, 3.05) is 0 Å². The zero-order chi connectivity index (χ0) is 17.9. The Kier molecular flexibility index (Phi) is 4.86. The number of nitrogens with one attached hydrogen (secondary N) is 1. The topological polar surface area (TPSA) is 76.8 Å². The molecule has 0 bridgehead atoms. The third-order valence-corrected chi connectivity index (χ3v) is 4.08. The molecule has 0 amide bonds. The van der Waals surface area contributed by atoms with E-state index < -0.39 is 0 Å². The summed E-state index contributed by atoms with van der Waals surface area (Å²) in [7, 11) is 0. The predicted octanol–water partition coefficient (Wildman–Crippen LogP) is 3.73. The minimum Gasteiger partial charge on any atom is -0.486 e. The molecule has 25 heavy (non-hydrogen) atoms. The van der Waals surface area contributed by atoms with Crippen molar-refractivity contribution < 1.29 is 4.74 Å². The molecule has 0 radical (unpaired) electrons. The molecule has 5 nitrogen and oxygen atoms in total. The Balaban J connectivity index is 1.62. The SMILES string of the molecule is CC(C)(C)c1ccc(OCc2nc([C@@H](N)c3ccccc3)n[nH]2)cc1. The van der Waals surface area contributed by atoms with E-state index in [2.05, 4.69) is 48.1 Å². The summed E-state index contributed by atoms with van der Waals surface area (Å²) in [5, 5.41) is 7.11. The Morgan fingerprint density at radius 3 is 2.36 bits per heavy atom. The molecule has 0 unspecified atom stereocenters. The molecule has 1 atom stereocenters. The molecule has 0 aliphatic heterocycles. The maximum atomic E-state index is 6.21. The fraction of sp³-hybridized carbons (Fsp3) is 0.300. The van der Waals surface area contributed by atoms with E-state index in [0.717, 1.165) is 11.3 Å². The molecular formula is C20H24N4O. The summed E-state index contributed by atoms with van der Waals surface area (Å²) < 4.78 is 5.78. The molecule has 0 aliphatic carbocycles. The Morgan fingerprint density at radius 2 is 1.72 bits per heavy atom. The van der Waals surface area contributed by atoms with E-state index in [1.165, 1.54) is 5.56 Å². The minimum atomic E-state index is -0.350. The van der Waals surface area contributed by atoms with E-state index in [1.54, 1.807) is 0 Å². The first kappa shape index (κ1) is 17.2. The fourth-order valence-corrected chi connectivity index (χ4v) is 2.53. The van der Waals surface area contributed by atoms with Crippen LogP contribution in [-0.4, -0.2) is 15.2 Å². The van der Waals surface area contributed by atoms with Crippen molar-refractivity contribution in [3.8, 4) is 5.75 Å². The smallest absolute Gasteiger partial charge is 0.172 e. The second kappa shape index (κ2) is 7.07. The lowest BCUT2D eigenvalue weighted by Gasteiger charge is -2.19. The van der Waals surface area contributed by atoms with E-state index in [0.29, 0.717) is 18.3 Å². The number of nitrogens with two attached hydrogens (primary N) is 1. The molecule has 0 saturated heterocycles. The number of aromatic amines is 1. The summed E-state index contributed by atoms with van der Waals surface area (Å²) in [5.41, 5.74) is 8.59. The van der Waals surface area contributed by atoms with Gasteiger partial charge in [-0.1, -0.05) is 63.2 Å². The van der Waals surface area contributed by atoms with E-state index >= 15 is 0 Å². The normalized spacial score (nSPS) is 12.8. The van der Waals surface area contributed by atoms with Crippen molar-refractivity contribution >= 4 is 0 Å². The number of hydrogen-bond acceptors (Lipinski definition) is 4. The molecule has 1 aromatic heterocycles. The van der Waals surface area contributed by atoms with Crippen LogP contribution in [0.2, 0.25) is 0 Å². The number of aromatic nitrogens is 3. The van der Waals surface area contributed by atoms with Crippen LogP contribution in [0.5, 0.6) is 5.75 Å². The molecule has 3 rings (SSSR count). The predicted molar refractivity (Wildman–Crippen MR) is 98.3 cm³/mol. The molecule has 5 heteroatoms. The van der Waals surface area contributed by atoms with Gasteiger partial charge in [0.2, 0.25) is 0 Å². The van der Waals surface area contributed by atoms with Crippen molar-refractivity contribution in [2.24, 2.45) is 5.73 Å². The third-order valence-electron chi connectivity index (χ3n) is 4.08. The second-order valence-electron chi connectivity index (χ2n) is 7.09. The Labute approximate surface area is 148 Å². The molecule has 0 aliphatic rings. The van der Waals surface area contributed by atoms with Gasteiger partial charge < -0.3 is 10.5 Å². The van der Waals surface area contributed by atoms with E-state index in [1.807, 2.05) is 42.5 Å². The highest BCUT2D eigenvalue weighted by Crippen LogP contribution is 2.24. The van der Waals surface area contributed by atoms with Gasteiger partial charge in [0, 0.05) is 0 Å². The fourth-order valence-electron chi connectivity index (χ4n) is 2.53. The van der Waals surface area contributed by atoms with Crippen LogP contribution in [0.3, 0.4) is 0 Å². The van der Waals surface area contributed by atoms with Gasteiger partial charge in [0.15, 0.2) is 11.6 Å². The number of H-pyrrole nitrogens is 1. The first-order chi connectivity index (χ1) is 11.9. The summed E-state index contributed by atoms with van der Waals surface area (Å²) in [6, 6.07) is 17.6. The third kappa shape index (κ3) is 4.25. The highest BCUT2D eigenvalue weighted by Gasteiger charge is 2.15. The van der Waals surface area contributed by atoms with Crippen LogP contribution in [0.25, 0.3) is 0 Å². The standard InChI is InChI=1S/C20H24N4O/c1-20(2,3)15-9-11-16(12-10-15)25-13-17-22-19(24-23-17)18(21)14-7-5-4-6-8-14/h4-12,18H,13,21H2,1-3H3,(H,22,23,24)/t18-/m0/s1. The maximum Gasteiger partial charge on any atom is 0.172 e. The van der Waals surface area contributed by atoms with Crippen LogP contribution < -0.4 is 10.5 Å². The van der Waals surface area contributed by atoms with E-state index in [-0.39, 0.29) is 11.5 Å². The van der Waals surface area contributed by atoms with Crippen molar-refractivity contribution in [1.29, 1.82) is 0 Å². The van der Waals surface area contributed by atoms with Gasteiger partial charge in [0.1, 0.15) is 12.4 Å². The molecule has 3 N–H and O–H groups in total. The van der Waals surface area contributed by atoms with Gasteiger partial charge in [-0.25, -0.2) is 4.98 Å². The molecule has 1 heterocycles. The largest absolute Gasteiger partial charge is 0.486 e. The maximum absolute atomic E-state index is 6.21. The molecule has 0 fully saturated rings. The lowest BCUT2D eigenvalue weighted by Crippen LogP contribution is -2.13. The van der Waals surface area contributed by atoms with Gasteiger partial charge in [-0.05, 0) is 28.7 Å². The zero-order valence-electron chi connectivity index (χ0n) is 14.9. The number of rotatable bonds is 5. The zero-order valence-corrected chi connectivity index (χ0v) is 14.9. The molecule has 130 valence electrons. The van der Waals surface area contributed by atoms with Crippen molar-refractivity contribution in [3.05, 3.63) is 77.4 Å². The van der Waals surface area contributed by atoms with Crippen LogP contribution in [0.1, 0.15) is 49.6 Å². The average molecular weight is 336 g/mol. The van der Waals surface area contributed by atoms with Crippen molar-refractivity contribution in [2.45, 2.75) is 38.8 Å². The summed E-state index contributed by atoms with van der Waals surface area (Å²) in [6.07, 6.45) is 0. The summed E-state index contributed by atoms with van der Waals surface area (Å²) >= 11 is 0. The van der Waals surface area contributed by atoms with Gasteiger partial charge >= 0.3 is 0 Å². The van der Waals surface area contributed by atoms with Gasteiger partial charge in [-0.2, -0.15) is 5.10 Å². The summed E-state index contributed by atoms with van der Waals surface area (Å²) in [5.74, 6) is 2.02. The monoisotopic (exact) mass is 336 g/mol. The van der Waals surface area contributed by atoms with Crippen LogP contribution in [0.15, 0.2) is 54.6 Å². The number of hydrogen-bond donors (Lipinski definition) is 2. The Morgan fingerprint density at radius 1 is 1.04 bits per heavy atom. The van der Waals surface area contributed by atoms with Crippen molar-refractivity contribution in [1.82, 2.24) is 15.2 Å². The van der Waals surface area contributed by atoms with Gasteiger partial charge in [-0.15, -0.1) is 0 Å². The van der Waals surface area contributed by atoms with Crippen LogP contribution in [-0.2, 0) is 12.0 Å². The van der Waals surface area contributed by atoms with E-state index in [9.17, 15) is 0 Å². The Hall–Kier alpha value is -2.66. The molecule has 3 aromatic rings. The first-order valence-corrected chi connectivity index (χ1v) is 8.38. The first-order valence-electron chi connectivity index (χ1n) is 8.38. The highest BCUT2D eigenvalue weighted by atomic mass is 16.5. The molecular weight excluding hydrogens is 312 g/mol. The molecule has 2 aromatic carbocycles. The second-order valence-corrected chi connectivity index (χ2v) is 7.09. The molecule has 0 spiro atoms. The lowest BCUT2D eigenvalue weighted by atomic mass is 9.87. The summed E-state index contributed by atoms with van der Waals surface area (Å²) in [4.78, 5) is 4.44. The number of nitrogens with zero attached hydrogens (tertiary/aromatic N) is 2. The van der Waals surface area contributed by atoms with Crippen LogP contribution in [0, 0.1) is 0 Å². The van der Waals surface area contributed by atoms with E-state index in [4.69, 9.17) is 10.5 Å². The number of benzene rings is 2. The van der Waals surface area contributed by atoms with Crippen LogP contribution >= 0.6 is 0 Å². The summed E-state index contributed by atoms with van der Waals surface area (Å²) in [6.45, 7) is 6.89. The van der Waals surface area contributed by atoms with Gasteiger partial charge in [-0.3, -0.25) is 5.10 Å². The van der Waals surface area contributed by atoms with Gasteiger partial charge in [0.25, 0.3) is 0 Å². The Bertz CT molecular complexity index is 804. The molecule has 0 saturated carbocycles. The van der Waals surface area contributed by atoms with Gasteiger partial charge in [0.05, 0.1) is 6.04 Å². The quantitative estimate of drug-likeness (QED) is 0.744. The number of ether oxygens (including phenoxy) is 1. The highest BCUT2D eigenvalue weighted by molar-refractivity contribution is 5.31. The minimum absolute atomic E-state index is 0.131. The van der Waals surface area contributed by atoms with Crippen LogP contribution in [0.4, 0.5) is 0 Å². The lowest BCUT2D eigenvalue weighted by molar-refractivity contribution is 0.296.